The van der Waals surface area contributed by atoms with E-state index in [0.29, 0.717) is 17.3 Å². The number of phenolic OH excluding ortho intramolecular Hbond substituents is 1. The summed E-state index contributed by atoms with van der Waals surface area (Å²) in [6.45, 7) is 0. The highest BCUT2D eigenvalue weighted by Gasteiger charge is 2.12. The summed E-state index contributed by atoms with van der Waals surface area (Å²) in [5.41, 5.74) is 1.48. The summed E-state index contributed by atoms with van der Waals surface area (Å²) in [4.78, 5) is 4.35. The highest BCUT2D eigenvalue weighted by atomic mass is 127. The highest BCUT2D eigenvalue weighted by molar-refractivity contribution is 14.1. The van der Waals surface area contributed by atoms with Gasteiger partial charge >= 0.3 is 0 Å². The summed E-state index contributed by atoms with van der Waals surface area (Å²) in [6, 6.07) is 12.6. The van der Waals surface area contributed by atoms with E-state index in [1.807, 2.05) is 30.3 Å². The normalized spacial score (nSPS) is 10.6. The van der Waals surface area contributed by atoms with Crippen molar-refractivity contribution in [1.29, 1.82) is 0 Å². The Kier molecular flexibility index (Phi) is 3.78. The number of hydrogen-bond donors (Lipinski definition) is 1. The molecule has 1 N–H and O–H groups in total. The van der Waals surface area contributed by atoms with Crippen LogP contribution in [0, 0.1) is 3.57 Å². The van der Waals surface area contributed by atoms with Crippen LogP contribution in [0.1, 0.15) is 0 Å². The Morgan fingerprint density at radius 3 is 2.76 bits per heavy atom. The van der Waals surface area contributed by atoms with Crippen molar-refractivity contribution in [3.05, 3.63) is 46.0 Å². The summed E-state index contributed by atoms with van der Waals surface area (Å²) in [5, 5.41) is 13.7. The molecule has 0 bridgehead atoms. The molecule has 106 valence electrons. The molecule has 0 aliphatic heterocycles. The van der Waals surface area contributed by atoms with Gasteiger partial charge in [-0.1, -0.05) is 17.3 Å². The first-order valence-electron chi connectivity index (χ1n) is 6.14. The standard InChI is InChI=1S/C15H11IN2O3/c1-20-11-4-2-3-9(7-11)14-17-15(21-18-14)10-5-6-12(16)13(19)8-10/h2-8,19H,1H3. The average molecular weight is 394 g/mol. The molecular formula is C15H11IN2O3. The number of methoxy groups -OCH3 is 1. The Bertz CT molecular complexity index is 786. The molecule has 1 heterocycles. The van der Waals surface area contributed by atoms with Gasteiger partial charge in [-0.2, -0.15) is 4.98 Å². The predicted molar refractivity (Wildman–Crippen MR) is 86.1 cm³/mol. The van der Waals surface area contributed by atoms with E-state index in [0.717, 1.165) is 14.9 Å². The van der Waals surface area contributed by atoms with Gasteiger partial charge in [0.1, 0.15) is 11.5 Å². The fourth-order valence-corrected chi connectivity index (χ4v) is 2.20. The molecule has 0 fully saturated rings. The van der Waals surface area contributed by atoms with Crippen LogP contribution in [0.4, 0.5) is 0 Å². The van der Waals surface area contributed by atoms with Gasteiger partial charge in [0.05, 0.1) is 10.7 Å². The number of halogens is 1. The Labute approximate surface area is 134 Å². The van der Waals surface area contributed by atoms with E-state index in [-0.39, 0.29) is 5.75 Å². The molecule has 0 unspecified atom stereocenters. The molecule has 0 saturated heterocycles. The molecule has 3 aromatic rings. The van der Waals surface area contributed by atoms with Crippen molar-refractivity contribution in [1.82, 2.24) is 10.1 Å². The summed E-state index contributed by atoms with van der Waals surface area (Å²) in [7, 11) is 1.61. The van der Waals surface area contributed by atoms with Crippen LogP contribution in [-0.4, -0.2) is 22.4 Å². The number of hydrogen-bond acceptors (Lipinski definition) is 5. The zero-order valence-electron chi connectivity index (χ0n) is 11.1. The topological polar surface area (TPSA) is 68.4 Å². The number of benzene rings is 2. The zero-order valence-corrected chi connectivity index (χ0v) is 13.2. The summed E-state index contributed by atoms with van der Waals surface area (Å²) >= 11 is 2.05. The monoisotopic (exact) mass is 394 g/mol. The number of rotatable bonds is 3. The van der Waals surface area contributed by atoms with E-state index >= 15 is 0 Å². The van der Waals surface area contributed by atoms with Crippen LogP contribution >= 0.6 is 22.6 Å². The van der Waals surface area contributed by atoms with Gasteiger partial charge in [0, 0.05) is 11.1 Å². The third-order valence-electron chi connectivity index (χ3n) is 2.95. The minimum absolute atomic E-state index is 0.189. The number of aromatic hydroxyl groups is 1. The first kappa shape index (κ1) is 13.9. The molecule has 0 spiro atoms. The van der Waals surface area contributed by atoms with Gasteiger partial charge in [0.2, 0.25) is 5.82 Å². The molecule has 0 saturated carbocycles. The van der Waals surface area contributed by atoms with Crippen LogP contribution in [0.25, 0.3) is 22.8 Å². The van der Waals surface area contributed by atoms with Gasteiger partial charge in [-0.3, -0.25) is 0 Å². The SMILES string of the molecule is COc1cccc(-c2noc(-c3ccc(I)c(O)c3)n2)c1. The lowest BCUT2D eigenvalue weighted by molar-refractivity contribution is 0.414. The zero-order chi connectivity index (χ0) is 14.8. The van der Waals surface area contributed by atoms with Gasteiger partial charge < -0.3 is 14.4 Å². The van der Waals surface area contributed by atoms with Crippen LogP contribution in [0.2, 0.25) is 0 Å². The third kappa shape index (κ3) is 2.85. The molecule has 0 aliphatic rings. The van der Waals surface area contributed by atoms with Crippen molar-refractivity contribution in [3.8, 4) is 34.3 Å². The Morgan fingerprint density at radius 2 is 2.00 bits per heavy atom. The predicted octanol–water partition coefficient (Wildman–Crippen LogP) is 3.72. The number of nitrogens with zero attached hydrogens (tertiary/aromatic N) is 2. The molecule has 1 aromatic heterocycles. The van der Waals surface area contributed by atoms with Crippen LogP contribution in [0.15, 0.2) is 47.0 Å². The van der Waals surface area contributed by atoms with Crippen molar-refractivity contribution in [2.24, 2.45) is 0 Å². The van der Waals surface area contributed by atoms with E-state index in [1.54, 1.807) is 19.2 Å². The molecule has 3 rings (SSSR count). The number of phenols is 1. The summed E-state index contributed by atoms with van der Waals surface area (Å²) in [5.74, 6) is 1.75. The second kappa shape index (κ2) is 5.72. The van der Waals surface area contributed by atoms with E-state index in [9.17, 15) is 5.11 Å². The Hall–Kier alpha value is -2.09. The molecule has 0 radical (unpaired) electrons. The van der Waals surface area contributed by atoms with Gasteiger partial charge in [0.25, 0.3) is 5.89 Å². The maximum atomic E-state index is 9.74. The summed E-state index contributed by atoms with van der Waals surface area (Å²) < 4.78 is 11.2. The molecule has 2 aromatic carbocycles. The van der Waals surface area contributed by atoms with Crippen molar-refractivity contribution in [2.75, 3.05) is 7.11 Å². The lowest BCUT2D eigenvalue weighted by Crippen LogP contribution is -1.85. The lowest BCUT2D eigenvalue weighted by atomic mass is 10.2. The van der Waals surface area contributed by atoms with E-state index in [2.05, 4.69) is 32.7 Å². The average Bonchev–Trinajstić information content (AvgIpc) is 3.00. The van der Waals surface area contributed by atoms with Crippen LogP contribution < -0.4 is 4.74 Å². The second-order valence-corrected chi connectivity index (χ2v) is 5.48. The molecule has 0 aliphatic carbocycles. The quantitative estimate of drug-likeness (QED) is 0.686. The minimum atomic E-state index is 0.189. The molecule has 0 amide bonds. The lowest BCUT2D eigenvalue weighted by Gasteiger charge is -2.00. The fourth-order valence-electron chi connectivity index (χ4n) is 1.87. The molecule has 21 heavy (non-hydrogen) atoms. The largest absolute Gasteiger partial charge is 0.507 e. The van der Waals surface area contributed by atoms with Crippen molar-refractivity contribution in [2.45, 2.75) is 0 Å². The van der Waals surface area contributed by atoms with Gasteiger partial charge in [0.15, 0.2) is 0 Å². The fraction of sp³-hybridized carbons (Fsp3) is 0.0667. The number of aromatic nitrogens is 2. The maximum Gasteiger partial charge on any atom is 0.258 e. The smallest absolute Gasteiger partial charge is 0.258 e. The first-order chi connectivity index (χ1) is 10.2. The number of ether oxygens (including phenoxy) is 1. The Balaban J connectivity index is 1.97. The highest BCUT2D eigenvalue weighted by Crippen LogP contribution is 2.28. The minimum Gasteiger partial charge on any atom is -0.507 e. The van der Waals surface area contributed by atoms with E-state index < -0.39 is 0 Å². The van der Waals surface area contributed by atoms with Crippen LogP contribution in [-0.2, 0) is 0 Å². The van der Waals surface area contributed by atoms with E-state index in [4.69, 9.17) is 9.26 Å². The van der Waals surface area contributed by atoms with Crippen LogP contribution in [0.3, 0.4) is 0 Å². The van der Waals surface area contributed by atoms with Gasteiger partial charge in [-0.05, 0) is 52.9 Å². The molecule has 6 heteroatoms. The Morgan fingerprint density at radius 1 is 1.14 bits per heavy atom. The van der Waals surface area contributed by atoms with E-state index in [1.165, 1.54) is 0 Å². The molecule has 0 atom stereocenters. The molecule has 5 nitrogen and oxygen atoms in total. The molecular weight excluding hydrogens is 383 g/mol. The maximum absolute atomic E-state index is 9.74. The summed E-state index contributed by atoms with van der Waals surface area (Å²) in [6.07, 6.45) is 0. The van der Waals surface area contributed by atoms with Crippen molar-refractivity contribution < 1.29 is 14.4 Å². The third-order valence-corrected chi connectivity index (χ3v) is 3.86. The second-order valence-electron chi connectivity index (χ2n) is 4.32. The first-order valence-corrected chi connectivity index (χ1v) is 7.22. The van der Waals surface area contributed by atoms with Crippen molar-refractivity contribution in [3.63, 3.8) is 0 Å². The van der Waals surface area contributed by atoms with Crippen molar-refractivity contribution >= 4 is 22.6 Å². The van der Waals surface area contributed by atoms with Gasteiger partial charge in [-0.25, -0.2) is 0 Å². The van der Waals surface area contributed by atoms with Crippen LogP contribution in [0.5, 0.6) is 11.5 Å². The van der Waals surface area contributed by atoms with Gasteiger partial charge in [-0.15, -0.1) is 0 Å².